The Morgan fingerprint density at radius 2 is 2.16 bits per heavy atom. The maximum absolute atomic E-state index is 11.6. The highest BCUT2D eigenvalue weighted by atomic mass is 32.1. The average Bonchev–Trinajstić information content (AvgIpc) is 2.90. The normalized spacial score (nSPS) is 11.8. The minimum atomic E-state index is -0.239. The summed E-state index contributed by atoms with van der Waals surface area (Å²) in [4.78, 5) is 11.6. The van der Waals surface area contributed by atoms with Crippen LogP contribution in [-0.2, 0) is 6.42 Å². The van der Waals surface area contributed by atoms with Crippen molar-refractivity contribution in [1.82, 2.24) is 15.5 Å². The lowest BCUT2D eigenvalue weighted by atomic mass is 10.1. The Labute approximate surface area is 116 Å². The number of nitrogens with one attached hydrogen (secondary N) is 2. The van der Waals surface area contributed by atoms with Crippen molar-refractivity contribution in [3.05, 3.63) is 41.4 Å². The van der Waals surface area contributed by atoms with Crippen molar-refractivity contribution in [2.75, 3.05) is 5.32 Å². The van der Waals surface area contributed by atoms with Gasteiger partial charge in [0.2, 0.25) is 5.13 Å². The van der Waals surface area contributed by atoms with E-state index < -0.39 is 0 Å². The minimum Gasteiger partial charge on any atom is -0.335 e. The largest absolute Gasteiger partial charge is 0.335 e. The number of amides is 2. The van der Waals surface area contributed by atoms with E-state index in [0.717, 1.165) is 12.8 Å². The topological polar surface area (TPSA) is 66.9 Å². The number of aromatic nitrogens is 2. The quantitative estimate of drug-likeness (QED) is 0.882. The van der Waals surface area contributed by atoms with E-state index >= 15 is 0 Å². The third kappa shape index (κ3) is 4.67. The molecule has 1 atom stereocenters. The molecule has 2 rings (SSSR count). The van der Waals surface area contributed by atoms with Crippen molar-refractivity contribution in [3.8, 4) is 0 Å². The highest BCUT2D eigenvalue weighted by Gasteiger charge is 2.08. The standard InChI is InChI=1S/C13H16N4OS/c1-10(7-8-11-5-3-2-4-6-11)15-12(18)16-13-17-14-9-19-13/h2-6,9-10H,7-8H2,1H3,(H2,15,16,17,18)/t10-/m0/s1. The molecule has 0 aliphatic carbocycles. The molecule has 100 valence electrons. The highest BCUT2D eigenvalue weighted by molar-refractivity contribution is 7.13. The van der Waals surface area contributed by atoms with Gasteiger partial charge in [-0.15, -0.1) is 10.2 Å². The number of carbonyl (C=O) groups excluding carboxylic acids is 1. The van der Waals surface area contributed by atoms with Gasteiger partial charge in [-0.05, 0) is 25.3 Å². The van der Waals surface area contributed by atoms with Crippen LogP contribution in [0.15, 0.2) is 35.8 Å². The molecule has 0 saturated heterocycles. The molecule has 0 radical (unpaired) electrons. The molecule has 0 aliphatic rings. The van der Waals surface area contributed by atoms with E-state index in [-0.39, 0.29) is 12.1 Å². The fraction of sp³-hybridized carbons (Fsp3) is 0.308. The molecule has 5 nitrogen and oxygen atoms in total. The van der Waals surface area contributed by atoms with Crippen LogP contribution in [0.2, 0.25) is 0 Å². The third-order valence-corrected chi connectivity index (χ3v) is 3.27. The monoisotopic (exact) mass is 276 g/mol. The summed E-state index contributed by atoms with van der Waals surface area (Å²) in [6.07, 6.45) is 1.84. The van der Waals surface area contributed by atoms with Crippen molar-refractivity contribution in [3.63, 3.8) is 0 Å². The maximum atomic E-state index is 11.6. The van der Waals surface area contributed by atoms with E-state index in [4.69, 9.17) is 0 Å². The zero-order chi connectivity index (χ0) is 13.5. The van der Waals surface area contributed by atoms with E-state index in [2.05, 4.69) is 33.0 Å². The van der Waals surface area contributed by atoms with Gasteiger partial charge in [-0.25, -0.2) is 4.79 Å². The summed E-state index contributed by atoms with van der Waals surface area (Å²) in [5.74, 6) is 0. The van der Waals surface area contributed by atoms with E-state index in [1.807, 2.05) is 25.1 Å². The number of carbonyl (C=O) groups is 1. The van der Waals surface area contributed by atoms with Gasteiger partial charge in [-0.3, -0.25) is 5.32 Å². The molecule has 0 bridgehead atoms. The average molecular weight is 276 g/mol. The highest BCUT2D eigenvalue weighted by Crippen LogP contribution is 2.08. The van der Waals surface area contributed by atoms with E-state index in [1.165, 1.54) is 16.9 Å². The molecule has 6 heteroatoms. The first-order valence-electron chi connectivity index (χ1n) is 6.11. The first kappa shape index (κ1) is 13.5. The Kier molecular flexibility index (Phi) is 4.85. The van der Waals surface area contributed by atoms with Crippen LogP contribution < -0.4 is 10.6 Å². The van der Waals surface area contributed by atoms with Gasteiger partial charge in [0.05, 0.1) is 0 Å². The van der Waals surface area contributed by atoms with Gasteiger partial charge in [0, 0.05) is 6.04 Å². The summed E-state index contributed by atoms with van der Waals surface area (Å²) in [7, 11) is 0. The predicted molar refractivity (Wildman–Crippen MR) is 76.3 cm³/mol. The molecule has 1 aromatic heterocycles. The smallest absolute Gasteiger partial charge is 0.321 e. The number of hydrogen-bond donors (Lipinski definition) is 2. The minimum absolute atomic E-state index is 0.105. The number of nitrogens with zero attached hydrogens (tertiary/aromatic N) is 2. The van der Waals surface area contributed by atoms with Crippen molar-refractivity contribution in [2.45, 2.75) is 25.8 Å². The second-order valence-corrected chi connectivity index (χ2v) is 5.10. The Bertz CT molecular complexity index is 501. The molecule has 19 heavy (non-hydrogen) atoms. The van der Waals surface area contributed by atoms with Gasteiger partial charge in [0.25, 0.3) is 0 Å². The maximum Gasteiger partial charge on any atom is 0.321 e. The Hall–Kier alpha value is -1.95. The molecule has 0 saturated carbocycles. The summed E-state index contributed by atoms with van der Waals surface area (Å²) in [6.45, 7) is 1.99. The lowest BCUT2D eigenvalue weighted by Gasteiger charge is -2.13. The van der Waals surface area contributed by atoms with Gasteiger partial charge in [0.1, 0.15) is 5.51 Å². The molecule has 2 aromatic rings. The van der Waals surface area contributed by atoms with Gasteiger partial charge in [0.15, 0.2) is 0 Å². The molecule has 2 N–H and O–H groups in total. The van der Waals surface area contributed by atoms with Gasteiger partial charge in [-0.2, -0.15) is 0 Å². The molecule has 0 unspecified atom stereocenters. The molecular weight excluding hydrogens is 260 g/mol. The Morgan fingerprint density at radius 1 is 1.37 bits per heavy atom. The Balaban J connectivity index is 1.72. The van der Waals surface area contributed by atoms with Crippen LogP contribution in [-0.4, -0.2) is 22.3 Å². The van der Waals surface area contributed by atoms with E-state index in [9.17, 15) is 4.79 Å². The SMILES string of the molecule is C[C@@H](CCc1ccccc1)NC(=O)Nc1nncs1. The predicted octanol–water partition coefficient (Wildman–Crippen LogP) is 2.68. The number of anilines is 1. The van der Waals surface area contributed by atoms with Crippen molar-refractivity contribution in [2.24, 2.45) is 0 Å². The summed E-state index contributed by atoms with van der Waals surface area (Å²) in [6, 6.07) is 10.1. The second-order valence-electron chi connectivity index (χ2n) is 4.27. The van der Waals surface area contributed by atoms with Crippen LogP contribution in [0.3, 0.4) is 0 Å². The van der Waals surface area contributed by atoms with Crippen LogP contribution in [0.4, 0.5) is 9.93 Å². The second kappa shape index (κ2) is 6.84. The van der Waals surface area contributed by atoms with Gasteiger partial charge >= 0.3 is 6.03 Å². The summed E-state index contributed by atoms with van der Waals surface area (Å²) >= 11 is 1.29. The number of aryl methyl sites for hydroxylation is 1. The molecule has 0 spiro atoms. The van der Waals surface area contributed by atoms with Crippen molar-refractivity contribution >= 4 is 22.5 Å². The lowest BCUT2D eigenvalue weighted by molar-refractivity contribution is 0.248. The molecular formula is C13H16N4OS. The van der Waals surface area contributed by atoms with Gasteiger partial charge < -0.3 is 5.32 Å². The summed E-state index contributed by atoms with van der Waals surface area (Å²) < 4.78 is 0. The molecule has 1 aromatic carbocycles. The first-order valence-corrected chi connectivity index (χ1v) is 6.99. The van der Waals surface area contributed by atoms with Crippen LogP contribution in [0, 0.1) is 0 Å². The number of urea groups is 1. The number of rotatable bonds is 5. The van der Waals surface area contributed by atoms with Crippen LogP contribution in [0.5, 0.6) is 0 Å². The molecule has 2 amide bonds. The van der Waals surface area contributed by atoms with Crippen molar-refractivity contribution in [1.29, 1.82) is 0 Å². The molecule has 1 heterocycles. The van der Waals surface area contributed by atoms with Crippen LogP contribution in [0.25, 0.3) is 0 Å². The summed E-state index contributed by atoms with van der Waals surface area (Å²) in [5, 5.41) is 13.4. The van der Waals surface area contributed by atoms with Crippen LogP contribution >= 0.6 is 11.3 Å². The fourth-order valence-electron chi connectivity index (χ4n) is 1.68. The summed E-state index contributed by atoms with van der Waals surface area (Å²) in [5.41, 5.74) is 2.86. The zero-order valence-electron chi connectivity index (χ0n) is 10.7. The number of benzene rings is 1. The van der Waals surface area contributed by atoms with Gasteiger partial charge in [-0.1, -0.05) is 41.7 Å². The fourth-order valence-corrected chi connectivity index (χ4v) is 2.12. The molecule has 0 aliphatic heterocycles. The van der Waals surface area contributed by atoms with E-state index in [0.29, 0.717) is 5.13 Å². The Morgan fingerprint density at radius 3 is 2.84 bits per heavy atom. The number of hydrogen-bond acceptors (Lipinski definition) is 4. The first-order chi connectivity index (χ1) is 9.24. The third-order valence-electron chi connectivity index (χ3n) is 2.67. The van der Waals surface area contributed by atoms with Crippen molar-refractivity contribution < 1.29 is 4.79 Å². The molecule has 0 fully saturated rings. The van der Waals surface area contributed by atoms with E-state index in [1.54, 1.807) is 5.51 Å². The zero-order valence-corrected chi connectivity index (χ0v) is 11.5. The lowest BCUT2D eigenvalue weighted by Crippen LogP contribution is -2.36. The van der Waals surface area contributed by atoms with Crippen LogP contribution in [0.1, 0.15) is 18.9 Å².